The van der Waals surface area contributed by atoms with Crippen molar-refractivity contribution < 1.29 is 19.5 Å². The van der Waals surface area contributed by atoms with Crippen LogP contribution in [0.15, 0.2) is 42.6 Å². The number of H-pyrrole nitrogens is 1. The first kappa shape index (κ1) is 14.5. The monoisotopic (exact) mass is 286 g/mol. The fraction of sp³-hybridized carbons (Fsp3) is 0.133. The zero-order valence-electron chi connectivity index (χ0n) is 11.3. The van der Waals surface area contributed by atoms with Crippen molar-refractivity contribution in [2.45, 2.75) is 13.0 Å². The van der Waals surface area contributed by atoms with Crippen LogP contribution in [0.5, 0.6) is 0 Å². The first-order valence-electron chi connectivity index (χ1n) is 6.27. The minimum atomic E-state index is -1.16. The van der Waals surface area contributed by atoms with Crippen molar-refractivity contribution in [1.82, 2.24) is 10.3 Å². The molecule has 0 saturated heterocycles. The van der Waals surface area contributed by atoms with E-state index in [1.54, 1.807) is 30.3 Å². The Balaban J connectivity index is 2.19. The normalized spacial score (nSPS) is 11.7. The van der Waals surface area contributed by atoms with E-state index in [0.717, 1.165) is 0 Å². The van der Waals surface area contributed by atoms with Crippen LogP contribution in [0.25, 0.3) is 0 Å². The Morgan fingerprint density at radius 3 is 2.38 bits per heavy atom. The molecule has 0 bridgehead atoms. The van der Waals surface area contributed by atoms with Crippen molar-refractivity contribution in [2.24, 2.45) is 0 Å². The third-order valence-electron chi connectivity index (χ3n) is 2.99. The number of aliphatic carboxylic acids is 1. The van der Waals surface area contributed by atoms with Crippen molar-refractivity contribution in [1.29, 1.82) is 0 Å². The molecule has 3 N–H and O–H groups in total. The van der Waals surface area contributed by atoms with Crippen molar-refractivity contribution in [2.75, 3.05) is 0 Å². The van der Waals surface area contributed by atoms with Crippen LogP contribution < -0.4 is 5.32 Å². The number of nitrogens with one attached hydrogen (secondary N) is 2. The van der Waals surface area contributed by atoms with E-state index in [9.17, 15) is 19.5 Å². The Bertz CT molecular complexity index is 676. The fourth-order valence-electron chi connectivity index (χ4n) is 1.87. The van der Waals surface area contributed by atoms with Crippen molar-refractivity contribution in [3.8, 4) is 0 Å². The number of carbonyl (C=O) groups is 3. The summed E-state index contributed by atoms with van der Waals surface area (Å²) in [6, 6.07) is 8.63. The molecule has 0 unspecified atom stereocenters. The molecule has 0 spiro atoms. The number of benzene rings is 1. The molecule has 1 aromatic heterocycles. The summed E-state index contributed by atoms with van der Waals surface area (Å²) < 4.78 is 0. The maximum Gasteiger partial charge on any atom is 0.330 e. The maximum absolute atomic E-state index is 12.1. The second-order valence-electron chi connectivity index (χ2n) is 4.51. The Labute approximate surface area is 120 Å². The Morgan fingerprint density at radius 2 is 1.86 bits per heavy atom. The van der Waals surface area contributed by atoms with Crippen LogP contribution in [-0.2, 0) is 4.79 Å². The van der Waals surface area contributed by atoms with Gasteiger partial charge in [-0.2, -0.15) is 0 Å². The van der Waals surface area contributed by atoms with E-state index in [0.29, 0.717) is 11.1 Å². The molecule has 6 nitrogen and oxygen atoms in total. The maximum atomic E-state index is 12.1. The highest BCUT2D eigenvalue weighted by atomic mass is 16.4. The summed E-state index contributed by atoms with van der Waals surface area (Å²) in [7, 11) is 0. The topological polar surface area (TPSA) is 99.3 Å². The van der Waals surface area contributed by atoms with Gasteiger partial charge in [-0.25, -0.2) is 4.79 Å². The number of hydrogen-bond donors (Lipinski definition) is 3. The molecule has 2 rings (SSSR count). The van der Waals surface area contributed by atoms with Crippen molar-refractivity contribution in [3.63, 3.8) is 0 Å². The number of carbonyl (C=O) groups excluding carboxylic acids is 2. The molecule has 21 heavy (non-hydrogen) atoms. The molecule has 0 aliphatic heterocycles. The first-order valence-corrected chi connectivity index (χ1v) is 6.27. The number of amides is 1. The van der Waals surface area contributed by atoms with E-state index in [-0.39, 0.29) is 11.5 Å². The molecule has 0 saturated carbocycles. The van der Waals surface area contributed by atoms with Gasteiger partial charge in [-0.15, -0.1) is 0 Å². The van der Waals surface area contributed by atoms with E-state index in [1.165, 1.54) is 19.2 Å². The van der Waals surface area contributed by atoms with Gasteiger partial charge in [0.15, 0.2) is 11.8 Å². The smallest absolute Gasteiger partial charge is 0.330 e. The number of hydrogen-bond acceptors (Lipinski definition) is 3. The standard InChI is InChI=1S/C15H14N2O4/c1-9(18)11-7-12(16-8-11)14(19)17-13(15(20)21)10-5-3-2-4-6-10/h2-8,13,16H,1H3,(H,17,19)(H,20,21)/t13-/m0/s1. The molecule has 0 aliphatic carbocycles. The fourth-order valence-corrected chi connectivity index (χ4v) is 1.87. The lowest BCUT2D eigenvalue weighted by atomic mass is 10.1. The van der Waals surface area contributed by atoms with Crippen LogP contribution >= 0.6 is 0 Å². The van der Waals surface area contributed by atoms with Gasteiger partial charge in [-0.3, -0.25) is 9.59 Å². The van der Waals surface area contributed by atoms with E-state index in [2.05, 4.69) is 10.3 Å². The van der Waals surface area contributed by atoms with Crippen LogP contribution in [0.1, 0.15) is 39.4 Å². The molecular formula is C15H14N2O4. The number of carboxylic acids is 1. The molecule has 1 aromatic carbocycles. The lowest BCUT2D eigenvalue weighted by Gasteiger charge is -2.14. The van der Waals surface area contributed by atoms with Gasteiger partial charge in [0.1, 0.15) is 5.69 Å². The van der Waals surface area contributed by atoms with Gasteiger partial charge >= 0.3 is 5.97 Å². The number of ketones is 1. The van der Waals surface area contributed by atoms with Crippen molar-refractivity contribution >= 4 is 17.7 Å². The molecule has 1 amide bonds. The quantitative estimate of drug-likeness (QED) is 0.729. The van der Waals surface area contributed by atoms with E-state index >= 15 is 0 Å². The second-order valence-corrected chi connectivity index (χ2v) is 4.51. The van der Waals surface area contributed by atoms with Gasteiger partial charge in [-0.1, -0.05) is 30.3 Å². The number of rotatable bonds is 5. The third-order valence-corrected chi connectivity index (χ3v) is 2.99. The highest BCUT2D eigenvalue weighted by Crippen LogP contribution is 2.14. The predicted octanol–water partition coefficient (Wildman–Crippen LogP) is 1.77. The summed E-state index contributed by atoms with van der Waals surface area (Å²) in [5, 5.41) is 11.7. The highest BCUT2D eigenvalue weighted by Gasteiger charge is 2.23. The van der Waals surface area contributed by atoms with E-state index in [4.69, 9.17) is 0 Å². The summed E-state index contributed by atoms with van der Waals surface area (Å²) in [6.45, 7) is 1.38. The SMILES string of the molecule is CC(=O)c1c[nH]c(C(=O)N[C@H](C(=O)O)c2ccccc2)c1. The van der Waals surface area contributed by atoms with Gasteiger partial charge in [0.05, 0.1) is 0 Å². The zero-order valence-corrected chi connectivity index (χ0v) is 11.3. The second kappa shape index (κ2) is 6.04. The van der Waals surface area contributed by atoms with Crippen LogP contribution in [0.4, 0.5) is 0 Å². The lowest BCUT2D eigenvalue weighted by Crippen LogP contribution is -2.33. The van der Waals surface area contributed by atoms with E-state index < -0.39 is 17.9 Å². The van der Waals surface area contributed by atoms with Gasteiger partial charge in [0.2, 0.25) is 0 Å². The van der Waals surface area contributed by atoms with Gasteiger partial charge in [0, 0.05) is 11.8 Å². The molecule has 0 aliphatic rings. The summed E-state index contributed by atoms with van der Waals surface area (Å²) in [4.78, 5) is 37.2. The number of aromatic nitrogens is 1. The van der Waals surface area contributed by atoms with Crippen LogP contribution in [0.3, 0.4) is 0 Å². The molecule has 1 heterocycles. The number of carboxylic acid groups (broad SMARTS) is 1. The Kier molecular flexibility index (Phi) is 4.18. The highest BCUT2D eigenvalue weighted by molar-refractivity contribution is 6.00. The molecule has 2 aromatic rings. The Hall–Kier alpha value is -2.89. The Morgan fingerprint density at radius 1 is 1.19 bits per heavy atom. The number of Topliss-reactive ketones (excluding diaryl/α,β-unsaturated/α-hetero) is 1. The average Bonchev–Trinajstić information content (AvgIpc) is 2.95. The third kappa shape index (κ3) is 3.36. The van der Waals surface area contributed by atoms with Gasteiger partial charge < -0.3 is 15.4 Å². The van der Waals surface area contributed by atoms with Crippen LogP contribution in [-0.4, -0.2) is 27.8 Å². The van der Waals surface area contributed by atoms with Gasteiger partial charge in [0.25, 0.3) is 5.91 Å². The molecule has 1 atom stereocenters. The van der Waals surface area contributed by atoms with Gasteiger partial charge in [-0.05, 0) is 18.6 Å². The summed E-state index contributed by atoms with van der Waals surface area (Å²) >= 11 is 0. The molecule has 0 fully saturated rings. The van der Waals surface area contributed by atoms with Crippen LogP contribution in [0, 0.1) is 0 Å². The molecule has 0 radical (unpaired) electrons. The predicted molar refractivity (Wildman–Crippen MR) is 75.1 cm³/mol. The lowest BCUT2D eigenvalue weighted by molar-refractivity contribution is -0.139. The van der Waals surface area contributed by atoms with E-state index in [1.807, 2.05) is 0 Å². The first-order chi connectivity index (χ1) is 9.99. The largest absolute Gasteiger partial charge is 0.479 e. The molecule has 6 heteroatoms. The minimum Gasteiger partial charge on any atom is -0.479 e. The minimum absolute atomic E-state index is 0.141. The summed E-state index contributed by atoms with van der Waals surface area (Å²) in [6.07, 6.45) is 1.41. The average molecular weight is 286 g/mol. The molecular weight excluding hydrogens is 272 g/mol. The summed E-state index contributed by atoms with van der Waals surface area (Å²) in [5.41, 5.74) is 0.978. The van der Waals surface area contributed by atoms with Crippen molar-refractivity contribution in [3.05, 3.63) is 59.4 Å². The molecule has 108 valence electrons. The van der Waals surface area contributed by atoms with Crippen LogP contribution in [0.2, 0.25) is 0 Å². The number of aromatic amines is 1. The zero-order chi connectivity index (χ0) is 15.4. The summed E-state index contributed by atoms with van der Waals surface area (Å²) in [5.74, 6) is -1.92.